The molecule has 7 nitrogen and oxygen atoms in total. The van der Waals surface area contributed by atoms with Gasteiger partial charge in [-0.05, 0) is 56.3 Å². The highest BCUT2D eigenvalue weighted by Crippen LogP contribution is 2.26. The van der Waals surface area contributed by atoms with Gasteiger partial charge in [-0.3, -0.25) is 9.36 Å². The van der Waals surface area contributed by atoms with Crippen molar-refractivity contribution in [3.63, 3.8) is 0 Å². The predicted octanol–water partition coefficient (Wildman–Crippen LogP) is 2.85. The molecule has 0 aliphatic rings. The summed E-state index contributed by atoms with van der Waals surface area (Å²) in [4.78, 5) is 17.9. The number of benzene rings is 2. The molecule has 0 aliphatic carbocycles. The molecule has 3 rings (SSSR count). The predicted molar refractivity (Wildman–Crippen MR) is 111 cm³/mol. The topological polar surface area (TPSA) is 113 Å². The van der Waals surface area contributed by atoms with Crippen LogP contribution in [-0.2, 0) is 0 Å². The third-order valence-electron chi connectivity index (χ3n) is 3.89. The van der Waals surface area contributed by atoms with Crippen LogP contribution in [0.2, 0.25) is 0 Å². The first-order chi connectivity index (χ1) is 13.2. The number of aromatic hydroxyl groups is 1. The smallest absolute Gasteiger partial charge is 0.287 e. The normalized spacial score (nSPS) is 11.4. The molecular weight excluding hydrogens is 376 g/mol. The van der Waals surface area contributed by atoms with Gasteiger partial charge in [0.2, 0.25) is 0 Å². The Morgan fingerprint density at radius 3 is 2.61 bits per heavy atom. The largest absolute Gasteiger partial charge is 0.508 e. The minimum absolute atomic E-state index is 0.163. The average Bonchev–Trinajstić information content (AvgIpc) is 2.64. The standard InChI is InChI=1S/C20H22N4O3S/c1-20(2,27)12-23-17-11-13(3-8-16(17)21)24-10-9-22-18(19(24)26)28-15-6-4-14(25)5-7-15/h3-11,23,25,27H,12,21H2,1-2H3. The summed E-state index contributed by atoms with van der Waals surface area (Å²) in [6.07, 6.45) is 3.15. The zero-order valence-corrected chi connectivity index (χ0v) is 16.4. The number of hydrogen-bond acceptors (Lipinski definition) is 7. The summed E-state index contributed by atoms with van der Waals surface area (Å²) >= 11 is 1.22. The van der Waals surface area contributed by atoms with E-state index in [1.165, 1.54) is 16.3 Å². The maximum atomic E-state index is 12.9. The summed E-state index contributed by atoms with van der Waals surface area (Å²) in [6.45, 7) is 3.70. The molecule has 0 unspecified atom stereocenters. The van der Waals surface area contributed by atoms with Crippen molar-refractivity contribution in [3.05, 3.63) is 65.2 Å². The quantitative estimate of drug-likeness (QED) is 0.472. The Kier molecular flexibility index (Phi) is 5.62. The van der Waals surface area contributed by atoms with E-state index in [4.69, 9.17) is 5.73 Å². The van der Waals surface area contributed by atoms with Gasteiger partial charge in [0, 0.05) is 23.8 Å². The van der Waals surface area contributed by atoms with Crippen molar-refractivity contribution in [2.75, 3.05) is 17.6 Å². The Balaban J connectivity index is 1.91. The number of nitrogens with zero attached hydrogens (tertiary/aromatic N) is 2. The summed E-state index contributed by atoms with van der Waals surface area (Å²) in [6, 6.07) is 11.8. The van der Waals surface area contributed by atoms with Gasteiger partial charge >= 0.3 is 0 Å². The first-order valence-corrected chi connectivity index (χ1v) is 9.45. The first-order valence-electron chi connectivity index (χ1n) is 8.64. The maximum absolute atomic E-state index is 12.9. The molecule has 8 heteroatoms. The summed E-state index contributed by atoms with van der Waals surface area (Å²) in [7, 11) is 0. The van der Waals surface area contributed by atoms with E-state index in [-0.39, 0.29) is 11.3 Å². The molecule has 0 aliphatic heterocycles. The highest BCUT2D eigenvalue weighted by molar-refractivity contribution is 7.99. The fourth-order valence-corrected chi connectivity index (χ4v) is 3.25. The van der Waals surface area contributed by atoms with Gasteiger partial charge in [-0.2, -0.15) is 0 Å². The lowest BCUT2D eigenvalue weighted by molar-refractivity contribution is 0.0945. The van der Waals surface area contributed by atoms with Gasteiger partial charge in [-0.1, -0.05) is 11.8 Å². The fourth-order valence-electron chi connectivity index (χ4n) is 2.45. The summed E-state index contributed by atoms with van der Waals surface area (Å²) < 4.78 is 1.49. The molecule has 146 valence electrons. The monoisotopic (exact) mass is 398 g/mol. The number of phenols is 1. The number of hydrogen-bond donors (Lipinski definition) is 4. The van der Waals surface area contributed by atoms with Gasteiger partial charge in [0.15, 0.2) is 5.03 Å². The number of aliphatic hydroxyl groups is 1. The summed E-state index contributed by atoms with van der Waals surface area (Å²) in [5, 5.41) is 22.7. The van der Waals surface area contributed by atoms with Gasteiger partial charge in [0.1, 0.15) is 5.75 Å². The number of nitrogen functional groups attached to an aromatic ring is 1. The van der Waals surface area contributed by atoms with Gasteiger partial charge < -0.3 is 21.3 Å². The van der Waals surface area contributed by atoms with Crippen LogP contribution in [0, 0.1) is 0 Å². The second kappa shape index (κ2) is 7.95. The highest BCUT2D eigenvalue weighted by Gasteiger charge is 2.14. The summed E-state index contributed by atoms with van der Waals surface area (Å²) in [5.74, 6) is 0.163. The first kappa shape index (κ1) is 19.8. The van der Waals surface area contributed by atoms with Gasteiger partial charge in [0.05, 0.1) is 22.7 Å². The molecule has 5 N–H and O–H groups in total. The van der Waals surface area contributed by atoms with E-state index >= 15 is 0 Å². The third kappa shape index (κ3) is 4.85. The molecule has 3 aromatic rings. The van der Waals surface area contributed by atoms with Crippen molar-refractivity contribution < 1.29 is 10.2 Å². The summed E-state index contributed by atoms with van der Waals surface area (Å²) in [5.41, 5.74) is 6.64. The van der Waals surface area contributed by atoms with Crippen molar-refractivity contribution in [1.29, 1.82) is 0 Å². The van der Waals surface area contributed by atoms with Gasteiger partial charge in [-0.15, -0.1) is 0 Å². The molecule has 2 aromatic carbocycles. The van der Waals surface area contributed by atoms with Crippen LogP contribution in [0.5, 0.6) is 5.75 Å². The Labute approximate surface area is 166 Å². The zero-order valence-electron chi connectivity index (χ0n) is 15.6. The molecule has 0 atom stereocenters. The molecule has 1 heterocycles. The molecule has 1 aromatic heterocycles. The molecule has 0 fully saturated rings. The van der Waals surface area contributed by atoms with Gasteiger partial charge in [-0.25, -0.2) is 4.98 Å². The van der Waals surface area contributed by atoms with Crippen LogP contribution >= 0.6 is 11.8 Å². The number of rotatable bonds is 6. The molecule has 0 saturated carbocycles. The molecule has 28 heavy (non-hydrogen) atoms. The van der Waals surface area contributed by atoms with Crippen molar-refractivity contribution in [1.82, 2.24) is 9.55 Å². The van der Waals surface area contributed by atoms with Crippen LogP contribution in [0.1, 0.15) is 13.8 Å². The number of phenolic OH excluding ortho intramolecular Hbond substituents is 1. The lowest BCUT2D eigenvalue weighted by Crippen LogP contribution is -2.29. The van der Waals surface area contributed by atoms with E-state index in [0.29, 0.717) is 28.6 Å². The van der Waals surface area contributed by atoms with Gasteiger partial charge in [0.25, 0.3) is 5.56 Å². The van der Waals surface area contributed by atoms with Crippen LogP contribution in [0.25, 0.3) is 5.69 Å². The van der Waals surface area contributed by atoms with Crippen molar-refractivity contribution in [2.24, 2.45) is 0 Å². The number of anilines is 2. The van der Waals surface area contributed by atoms with E-state index < -0.39 is 5.60 Å². The second-order valence-corrected chi connectivity index (χ2v) is 8.00. The van der Waals surface area contributed by atoms with E-state index in [0.717, 1.165) is 4.90 Å². The maximum Gasteiger partial charge on any atom is 0.287 e. The Morgan fingerprint density at radius 1 is 1.21 bits per heavy atom. The Morgan fingerprint density at radius 2 is 1.93 bits per heavy atom. The molecule has 0 amide bonds. The van der Waals surface area contributed by atoms with Crippen molar-refractivity contribution in [2.45, 2.75) is 29.4 Å². The highest BCUT2D eigenvalue weighted by atomic mass is 32.2. The van der Waals surface area contributed by atoms with E-state index in [9.17, 15) is 15.0 Å². The molecular formula is C20H22N4O3S. The average molecular weight is 398 g/mol. The molecule has 0 radical (unpaired) electrons. The van der Waals surface area contributed by atoms with Crippen LogP contribution in [0.3, 0.4) is 0 Å². The van der Waals surface area contributed by atoms with Crippen molar-refractivity contribution >= 4 is 23.1 Å². The molecule has 0 spiro atoms. The minimum Gasteiger partial charge on any atom is -0.508 e. The lowest BCUT2D eigenvalue weighted by atomic mass is 10.1. The van der Waals surface area contributed by atoms with E-state index in [1.54, 1.807) is 68.7 Å². The number of nitrogens with two attached hydrogens (primary N) is 1. The van der Waals surface area contributed by atoms with Crippen LogP contribution in [-0.4, -0.2) is 31.9 Å². The lowest BCUT2D eigenvalue weighted by Gasteiger charge is -2.20. The Bertz CT molecular complexity index is 1030. The number of aromatic nitrogens is 2. The second-order valence-electron chi connectivity index (χ2n) is 6.94. The minimum atomic E-state index is -0.899. The van der Waals surface area contributed by atoms with Crippen LogP contribution < -0.4 is 16.6 Å². The number of nitrogens with one attached hydrogen (secondary N) is 1. The van der Waals surface area contributed by atoms with Crippen molar-refractivity contribution in [3.8, 4) is 11.4 Å². The van der Waals surface area contributed by atoms with E-state index in [1.807, 2.05) is 0 Å². The zero-order chi connectivity index (χ0) is 20.3. The SMILES string of the molecule is CC(C)(O)CNc1cc(-n2ccnc(Sc3ccc(O)cc3)c2=O)ccc1N. The van der Waals surface area contributed by atoms with E-state index in [2.05, 4.69) is 10.3 Å². The third-order valence-corrected chi connectivity index (χ3v) is 4.87. The molecule has 0 saturated heterocycles. The Hall–Kier alpha value is -2.97. The van der Waals surface area contributed by atoms with Crippen LogP contribution in [0.4, 0.5) is 11.4 Å². The van der Waals surface area contributed by atoms with Crippen LogP contribution in [0.15, 0.2) is 69.6 Å². The fraction of sp³-hybridized carbons (Fsp3) is 0.200. The molecule has 0 bridgehead atoms.